The lowest BCUT2D eigenvalue weighted by molar-refractivity contribution is 0.321. The Bertz CT molecular complexity index is 1780. The molecule has 0 aromatic heterocycles. The van der Waals surface area contributed by atoms with Crippen molar-refractivity contribution < 1.29 is 0 Å². The van der Waals surface area contributed by atoms with Gasteiger partial charge in [0.25, 0.3) is 0 Å². The quantitative estimate of drug-likeness (QED) is 0.157. The number of nitrogens with zero attached hydrogens (tertiary/aromatic N) is 1. The number of fused-ring (bicyclic) bond motifs is 9. The van der Waals surface area contributed by atoms with Crippen LogP contribution in [0.1, 0.15) is 252 Å². The lowest BCUT2D eigenvalue weighted by atomic mass is 9.74. The maximum Gasteiger partial charge on any atom is 0.0268 e. The van der Waals surface area contributed by atoms with Crippen LogP contribution in [0.3, 0.4) is 0 Å². The Morgan fingerprint density at radius 1 is 0.479 bits per heavy atom. The first-order valence-electron chi connectivity index (χ1n) is 28.1. The number of aryl methyl sites for hydroxylation is 4. The summed E-state index contributed by atoms with van der Waals surface area (Å²) in [6.45, 7) is 42.1. The molecule has 71 heavy (non-hydrogen) atoms. The number of thiol groups is 2. The van der Waals surface area contributed by atoms with Crippen LogP contribution >= 0.6 is 46.8 Å². The second-order valence-electron chi connectivity index (χ2n) is 15.0. The van der Waals surface area contributed by atoms with Crippen LogP contribution in [0.2, 0.25) is 0 Å². The van der Waals surface area contributed by atoms with Crippen LogP contribution in [0.5, 0.6) is 0 Å². The average molecular weight is 1060 g/mol. The van der Waals surface area contributed by atoms with Crippen LogP contribution in [0.25, 0.3) is 0 Å². The van der Waals surface area contributed by atoms with Gasteiger partial charge in [0.05, 0.1) is 0 Å². The van der Waals surface area contributed by atoms with Gasteiger partial charge in [0, 0.05) is 42.1 Å². The van der Waals surface area contributed by atoms with E-state index >= 15 is 0 Å². The molecule has 0 amide bonds. The summed E-state index contributed by atoms with van der Waals surface area (Å²) >= 11 is 9.81. The van der Waals surface area contributed by atoms with Crippen LogP contribution < -0.4 is 0 Å². The predicted molar refractivity (Wildman–Crippen MR) is 341 cm³/mol. The Hall–Kier alpha value is -2.16. The zero-order valence-corrected chi connectivity index (χ0v) is 51.2. The largest absolute Gasteiger partial charge is 0.304 e. The van der Waals surface area contributed by atoms with Crippen molar-refractivity contribution in [1.82, 2.24) is 4.90 Å². The first-order chi connectivity index (χ1) is 34.0. The van der Waals surface area contributed by atoms with E-state index in [2.05, 4.69) is 109 Å². The minimum Gasteiger partial charge on any atom is -0.304 e. The monoisotopic (exact) mass is 1060 g/mol. The topological polar surface area (TPSA) is 37.4 Å². The average Bonchev–Trinajstić information content (AvgIpc) is 3.46. The maximum absolute atomic E-state index is 7.00. The van der Waals surface area contributed by atoms with Crippen LogP contribution in [-0.4, -0.2) is 35.0 Å². The summed E-state index contributed by atoms with van der Waals surface area (Å²) in [6, 6.07) is 27.5. The second-order valence-corrected chi connectivity index (χ2v) is 18.6. The summed E-state index contributed by atoms with van der Waals surface area (Å²) in [6.07, 6.45) is 15.3. The Morgan fingerprint density at radius 3 is 1.32 bits per heavy atom. The van der Waals surface area contributed by atoms with E-state index in [9.17, 15) is 0 Å². The lowest BCUT2D eigenvalue weighted by Crippen LogP contribution is -2.27. The maximum atomic E-state index is 7.00. The van der Waals surface area contributed by atoms with E-state index in [0.717, 1.165) is 23.0 Å². The molecule has 9 rings (SSSR count). The summed E-state index contributed by atoms with van der Waals surface area (Å²) in [5, 5.41) is 1.16. The minimum atomic E-state index is 0. The standard InChI is InChI=1S/C20H20S2.C20H22S2.C6H15N.8C2H6.2CH4.O2/c1-3-7-15-13(5-1)9-11-17-19(15)20-16-8-4-2-6-14(16)10-12-18(20)22-21-17;21-17-11-9-13-5-1-3-7-15(13)19(17)20-16-8-4-2-6-14(16)10-12-18(20)22;1-4-7(5-2)6-3;8*1-2;;;1-2/h1,3,5,7,10,12,17,19H,2,4,6,8-9,11H2;1,3,5,7,10,12,17,19,21-22H,2,4,6,8-9,11H2;4-6H2,1-3H3;8*1-2H3;2*1H4;/t2*17-,19+;;;;;;;;;;;;/m11............/s1. The highest BCUT2D eigenvalue weighted by Crippen LogP contribution is 2.57. The van der Waals surface area contributed by atoms with Gasteiger partial charge in [-0.2, -0.15) is 12.6 Å². The molecule has 0 saturated carbocycles. The lowest BCUT2D eigenvalue weighted by Gasteiger charge is -2.39. The van der Waals surface area contributed by atoms with Crippen molar-refractivity contribution in [3.8, 4) is 0 Å². The van der Waals surface area contributed by atoms with Gasteiger partial charge in [-0.05, 0) is 164 Å². The summed E-state index contributed by atoms with van der Waals surface area (Å²) in [7, 11) is 4.16. The van der Waals surface area contributed by atoms with Crippen molar-refractivity contribution in [3.63, 3.8) is 0 Å². The van der Waals surface area contributed by atoms with Crippen molar-refractivity contribution in [1.29, 1.82) is 0 Å². The number of hydrogen-bond acceptors (Lipinski definition) is 7. The van der Waals surface area contributed by atoms with E-state index in [4.69, 9.17) is 35.2 Å². The first kappa shape index (κ1) is 77.7. The van der Waals surface area contributed by atoms with Crippen molar-refractivity contribution in [2.24, 2.45) is 0 Å². The fraction of sp³-hybridized carbons (Fsp3) is 0.625. The van der Waals surface area contributed by atoms with Crippen LogP contribution in [0.15, 0.2) is 82.6 Å². The van der Waals surface area contributed by atoms with Gasteiger partial charge in [0.1, 0.15) is 0 Å². The van der Waals surface area contributed by atoms with Crippen LogP contribution in [0.4, 0.5) is 0 Å². The molecule has 0 fully saturated rings. The third-order valence-electron chi connectivity index (χ3n) is 12.3. The molecular formula is C64H113NO2S4. The zero-order valence-electron chi connectivity index (χ0n) is 47.8. The van der Waals surface area contributed by atoms with Gasteiger partial charge in [-0.15, -0.1) is 12.6 Å². The van der Waals surface area contributed by atoms with Gasteiger partial charge in [0.2, 0.25) is 0 Å². The van der Waals surface area contributed by atoms with Crippen molar-refractivity contribution >= 4 is 46.8 Å². The van der Waals surface area contributed by atoms with Crippen molar-refractivity contribution in [3.05, 3.63) is 138 Å². The Morgan fingerprint density at radius 2 is 0.873 bits per heavy atom. The van der Waals surface area contributed by atoms with E-state index in [1.807, 2.05) is 122 Å². The Kier molecular flexibility index (Phi) is 54.8. The number of hydrogen-bond donors (Lipinski definition) is 2. The molecule has 4 aromatic rings. The van der Waals surface area contributed by atoms with Crippen LogP contribution in [-0.2, 0) is 38.5 Å². The third kappa shape index (κ3) is 23.1. The molecule has 7 heteroatoms. The molecule has 0 bridgehead atoms. The molecule has 1 heterocycles. The summed E-state index contributed by atoms with van der Waals surface area (Å²) in [4.78, 5) is 19.1. The molecule has 3 nitrogen and oxygen atoms in total. The SMILES string of the molecule is C.C.CC.CC.CC.CC.CC.CC.CC.CC.CCN(CC)CC.O=O.Sc1ccc2c(c1[C@H]1c3ccccc3CC[C@H]1S)CCCC2.c1ccc2c(c1)CC[C@H]1SSc3ccc4c(c3[C@@H]21)CCCC4. The molecule has 410 valence electrons. The fourth-order valence-electron chi connectivity index (χ4n) is 9.49. The fourth-order valence-corrected chi connectivity index (χ4v) is 13.3. The molecule has 4 atom stereocenters. The zero-order chi connectivity index (χ0) is 53.3. The molecule has 4 aromatic carbocycles. The Balaban J connectivity index is -0.000000278. The summed E-state index contributed by atoms with van der Waals surface area (Å²) < 4.78 is 0. The molecule has 0 radical (unpaired) electrons. The highest BCUT2D eigenvalue weighted by Gasteiger charge is 2.38. The van der Waals surface area contributed by atoms with E-state index in [1.165, 1.54) is 101 Å². The van der Waals surface area contributed by atoms with Crippen molar-refractivity contribution in [2.45, 2.75) is 256 Å². The van der Waals surface area contributed by atoms with E-state index in [0.29, 0.717) is 17.1 Å². The third-order valence-corrected chi connectivity index (χ3v) is 16.2. The van der Waals surface area contributed by atoms with Gasteiger partial charge in [-0.25, -0.2) is 0 Å². The smallest absolute Gasteiger partial charge is 0.0268 e. The number of benzene rings is 4. The molecule has 0 spiro atoms. The minimum absolute atomic E-state index is 0. The van der Waals surface area contributed by atoms with E-state index < -0.39 is 0 Å². The second kappa shape index (κ2) is 50.0. The first-order valence-corrected chi connectivity index (χ1v) is 31.2. The molecule has 0 saturated heterocycles. The molecule has 0 unspecified atom stereocenters. The molecule has 1 aliphatic heterocycles. The van der Waals surface area contributed by atoms with Crippen molar-refractivity contribution in [2.75, 3.05) is 19.6 Å². The van der Waals surface area contributed by atoms with Crippen LogP contribution in [0, 0.1) is 9.93 Å². The van der Waals surface area contributed by atoms with Gasteiger partial charge >= 0.3 is 0 Å². The van der Waals surface area contributed by atoms with Gasteiger partial charge < -0.3 is 4.90 Å². The normalized spacial score (nSPS) is 17.0. The van der Waals surface area contributed by atoms with Gasteiger partial charge in [-0.3, -0.25) is 0 Å². The molecule has 5 aliphatic rings. The van der Waals surface area contributed by atoms with Gasteiger partial charge in [0.15, 0.2) is 0 Å². The van der Waals surface area contributed by atoms with E-state index in [-0.39, 0.29) is 14.9 Å². The predicted octanol–water partition coefficient (Wildman–Crippen LogP) is 21.9. The molecular weight excluding hydrogens is 943 g/mol. The number of rotatable bonds is 4. The Labute approximate surface area is 462 Å². The highest BCUT2D eigenvalue weighted by molar-refractivity contribution is 8.77. The van der Waals surface area contributed by atoms with Gasteiger partial charge in [-0.1, -0.05) is 229 Å². The summed E-state index contributed by atoms with van der Waals surface area (Å²) in [5.41, 5.74) is 15.8. The van der Waals surface area contributed by atoms with E-state index in [1.54, 1.807) is 43.8 Å². The summed E-state index contributed by atoms with van der Waals surface area (Å²) in [5.74, 6) is 1.04. The highest BCUT2D eigenvalue weighted by atomic mass is 33.1. The molecule has 0 N–H and O–H groups in total. The molecule has 4 aliphatic carbocycles.